The number of rotatable bonds is 4. The van der Waals surface area contributed by atoms with Crippen molar-refractivity contribution in [1.29, 1.82) is 0 Å². The van der Waals surface area contributed by atoms with E-state index in [9.17, 15) is 19.2 Å². The highest BCUT2D eigenvalue weighted by Crippen LogP contribution is 2.31. The zero-order valence-electron chi connectivity index (χ0n) is 18.4. The highest BCUT2D eigenvalue weighted by atomic mass is 16.2. The molecule has 166 valence electrons. The van der Waals surface area contributed by atoms with E-state index in [0.717, 1.165) is 32.1 Å². The van der Waals surface area contributed by atoms with Gasteiger partial charge in [-0.3, -0.25) is 24.1 Å². The number of carbonyl (C=O) groups is 4. The van der Waals surface area contributed by atoms with Gasteiger partial charge >= 0.3 is 0 Å². The Hall–Kier alpha value is -2.70. The van der Waals surface area contributed by atoms with E-state index in [1.165, 1.54) is 4.90 Å². The smallest absolute Gasteiger partial charge is 0.261 e. The van der Waals surface area contributed by atoms with Crippen LogP contribution in [0.1, 0.15) is 83.4 Å². The number of hydrogen-bond donors (Lipinski definition) is 0. The van der Waals surface area contributed by atoms with Crippen LogP contribution in [-0.4, -0.2) is 70.5 Å². The predicted molar refractivity (Wildman–Crippen MR) is 116 cm³/mol. The number of nitrogens with zero attached hydrogens (tertiary/aromatic N) is 3. The standard InChI is InChI=1S/C24H31N3O4/c1-16(2)14-21(28)25-10-12-26(13-11-25)22(29)17-8-9-19-20(15-17)24(31)27(23(19)30)18-6-4-3-5-7-18/h8-9,15-16,18H,3-7,10-14H2,1-2H3. The lowest BCUT2D eigenvalue weighted by atomic mass is 9.94. The van der Waals surface area contributed by atoms with Crippen molar-refractivity contribution in [2.45, 2.75) is 58.4 Å². The number of hydrogen-bond acceptors (Lipinski definition) is 4. The van der Waals surface area contributed by atoms with Crippen LogP contribution in [-0.2, 0) is 4.79 Å². The summed E-state index contributed by atoms with van der Waals surface area (Å²) in [4.78, 5) is 56.1. The fraction of sp³-hybridized carbons (Fsp3) is 0.583. The molecule has 0 radical (unpaired) electrons. The van der Waals surface area contributed by atoms with E-state index in [0.29, 0.717) is 55.2 Å². The number of fused-ring (bicyclic) bond motifs is 1. The predicted octanol–water partition coefficient (Wildman–Crippen LogP) is 2.95. The Morgan fingerprint density at radius 1 is 0.903 bits per heavy atom. The monoisotopic (exact) mass is 425 g/mol. The number of carbonyl (C=O) groups excluding carboxylic acids is 4. The molecule has 7 heteroatoms. The van der Waals surface area contributed by atoms with Crippen LogP contribution in [0.5, 0.6) is 0 Å². The van der Waals surface area contributed by atoms with E-state index in [-0.39, 0.29) is 29.7 Å². The average molecular weight is 426 g/mol. The zero-order valence-corrected chi connectivity index (χ0v) is 18.4. The van der Waals surface area contributed by atoms with Crippen molar-refractivity contribution in [2.75, 3.05) is 26.2 Å². The topological polar surface area (TPSA) is 78.0 Å². The third-order valence-corrected chi connectivity index (χ3v) is 6.61. The lowest BCUT2D eigenvalue weighted by Crippen LogP contribution is -2.50. The quantitative estimate of drug-likeness (QED) is 0.695. The van der Waals surface area contributed by atoms with Crippen molar-refractivity contribution in [3.8, 4) is 0 Å². The minimum Gasteiger partial charge on any atom is -0.339 e. The molecule has 0 spiro atoms. The zero-order chi connectivity index (χ0) is 22.1. The summed E-state index contributed by atoms with van der Waals surface area (Å²) in [5.41, 5.74) is 1.16. The maximum Gasteiger partial charge on any atom is 0.261 e. The Bertz CT molecular complexity index is 896. The molecular weight excluding hydrogens is 394 g/mol. The molecule has 0 N–H and O–H groups in total. The molecule has 2 heterocycles. The molecule has 1 saturated carbocycles. The normalized spacial score (nSPS) is 19.9. The largest absolute Gasteiger partial charge is 0.339 e. The summed E-state index contributed by atoms with van der Waals surface area (Å²) in [5.74, 6) is -0.220. The van der Waals surface area contributed by atoms with Gasteiger partial charge in [-0.25, -0.2) is 0 Å². The molecule has 31 heavy (non-hydrogen) atoms. The Labute approximate surface area is 183 Å². The molecule has 0 bridgehead atoms. The molecule has 4 amide bonds. The second kappa shape index (κ2) is 8.81. The average Bonchev–Trinajstić information content (AvgIpc) is 3.03. The lowest BCUT2D eigenvalue weighted by Gasteiger charge is -2.35. The number of benzene rings is 1. The van der Waals surface area contributed by atoms with Crippen LogP contribution in [0.25, 0.3) is 0 Å². The first kappa shape index (κ1) is 21.5. The van der Waals surface area contributed by atoms with E-state index < -0.39 is 0 Å². The first-order valence-corrected chi connectivity index (χ1v) is 11.5. The highest BCUT2D eigenvalue weighted by Gasteiger charge is 2.40. The second-order valence-corrected chi connectivity index (χ2v) is 9.30. The minimum atomic E-state index is -0.273. The van der Waals surface area contributed by atoms with Gasteiger partial charge < -0.3 is 9.80 Å². The Morgan fingerprint density at radius 3 is 2.16 bits per heavy atom. The van der Waals surface area contributed by atoms with Crippen molar-refractivity contribution < 1.29 is 19.2 Å². The second-order valence-electron chi connectivity index (χ2n) is 9.30. The molecule has 7 nitrogen and oxygen atoms in total. The van der Waals surface area contributed by atoms with Crippen LogP contribution < -0.4 is 0 Å². The third-order valence-electron chi connectivity index (χ3n) is 6.61. The molecule has 0 atom stereocenters. The van der Waals surface area contributed by atoms with Gasteiger partial charge in [0.15, 0.2) is 0 Å². The molecule has 1 aromatic rings. The molecule has 1 saturated heterocycles. The molecular formula is C24H31N3O4. The summed E-state index contributed by atoms with van der Waals surface area (Å²) < 4.78 is 0. The van der Waals surface area contributed by atoms with Gasteiger partial charge in [-0.2, -0.15) is 0 Å². The Morgan fingerprint density at radius 2 is 1.52 bits per heavy atom. The summed E-state index contributed by atoms with van der Waals surface area (Å²) >= 11 is 0. The van der Waals surface area contributed by atoms with E-state index in [4.69, 9.17) is 0 Å². The molecule has 0 unspecified atom stereocenters. The molecule has 4 rings (SSSR count). The van der Waals surface area contributed by atoms with Crippen LogP contribution in [0.3, 0.4) is 0 Å². The number of amides is 4. The number of piperazine rings is 1. The summed E-state index contributed by atoms with van der Waals surface area (Å²) in [6, 6.07) is 4.81. The van der Waals surface area contributed by atoms with Crippen molar-refractivity contribution in [3.05, 3.63) is 34.9 Å². The minimum absolute atomic E-state index is 0.0308. The molecule has 3 aliphatic rings. The fourth-order valence-electron chi connectivity index (χ4n) is 4.88. The van der Waals surface area contributed by atoms with Gasteiger partial charge in [0.25, 0.3) is 17.7 Å². The molecule has 0 aromatic heterocycles. The Kier molecular flexibility index (Phi) is 6.12. The Balaban J connectivity index is 1.44. The molecule has 1 aliphatic carbocycles. The SMILES string of the molecule is CC(C)CC(=O)N1CCN(C(=O)c2ccc3c(c2)C(=O)N(C2CCCCC2)C3=O)CC1. The molecule has 1 aromatic carbocycles. The highest BCUT2D eigenvalue weighted by molar-refractivity contribution is 6.22. The lowest BCUT2D eigenvalue weighted by molar-refractivity contribution is -0.133. The van der Waals surface area contributed by atoms with Gasteiger partial charge in [-0.05, 0) is 37.0 Å². The maximum atomic E-state index is 13.0. The summed E-state index contributed by atoms with van der Waals surface area (Å²) in [6.07, 6.45) is 5.45. The van der Waals surface area contributed by atoms with E-state index in [1.54, 1.807) is 23.1 Å². The van der Waals surface area contributed by atoms with Crippen molar-refractivity contribution >= 4 is 23.6 Å². The van der Waals surface area contributed by atoms with Gasteiger partial charge in [-0.15, -0.1) is 0 Å². The fourth-order valence-corrected chi connectivity index (χ4v) is 4.88. The van der Waals surface area contributed by atoms with E-state index >= 15 is 0 Å². The summed E-state index contributed by atoms with van der Waals surface area (Å²) in [6.45, 7) is 6.03. The third kappa shape index (κ3) is 4.23. The van der Waals surface area contributed by atoms with Crippen LogP contribution in [0.15, 0.2) is 18.2 Å². The van der Waals surface area contributed by atoms with Crippen LogP contribution in [0.4, 0.5) is 0 Å². The van der Waals surface area contributed by atoms with E-state index in [2.05, 4.69) is 0 Å². The number of imide groups is 1. The van der Waals surface area contributed by atoms with Gasteiger partial charge in [0.2, 0.25) is 5.91 Å². The molecule has 2 aliphatic heterocycles. The van der Waals surface area contributed by atoms with Gasteiger partial charge in [0, 0.05) is 44.2 Å². The van der Waals surface area contributed by atoms with Crippen molar-refractivity contribution in [3.63, 3.8) is 0 Å². The van der Waals surface area contributed by atoms with Gasteiger partial charge in [0.1, 0.15) is 0 Å². The van der Waals surface area contributed by atoms with Crippen molar-refractivity contribution in [2.24, 2.45) is 5.92 Å². The maximum absolute atomic E-state index is 13.0. The first-order chi connectivity index (χ1) is 14.9. The molecule has 2 fully saturated rings. The van der Waals surface area contributed by atoms with Gasteiger partial charge in [0.05, 0.1) is 11.1 Å². The van der Waals surface area contributed by atoms with Crippen molar-refractivity contribution in [1.82, 2.24) is 14.7 Å². The summed E-state index contributed by atoms with van der Waals surface area (Å²) in [5, 5.41) is 0. The summed E-state index contributed by atoms with van der Waals surface area (Å²) in [7, 11) is 0. The van der Waals surface area contributed by atoms with E-state index in [1.807, 2.05) is 18.7 Å². The van der Waals surface area contributed by atoms with Crippen LogP contribution >= 0.6 is 0 Å². The van der Waals surface area contributed by atoms with Gasteiger partial charge in [-0.1, -0.05) is 33.1 Å². The van der Waals surface area contributed by atoms with Crippen LogP contribution in [0.2, 0.25) is 0 Å². The van der Waals surface area contributed by atoms with Crippen LogP contribution in [0, 0.1) is 5.92 Å². The first-order valence-electron chi connectivity index (χ1n) is 11.5.